The fraction of sp³-hybridized carbons (Fsp3) is 0.0476. The molecule has 3 heterocycles. The predicted molar refractivity (Wildman–Crippen MR) is 112 cm³/mol. The predicted octanol–water partition coefficient (Wildman–Crippen LogP) is 5.44. The van der Waals surface area contributed by atoms with E-state index in [1.54, 1.807) is 11.3 Å². The van der Waals surface area contributed by atoms with Gasteiger partial charge in [-0.2, -0.15) is 5.10 Å². The Labute approximate surface area is 163 Å². The molecule has 0 bridgehead atoms. The molecule has 0 radical (unpaired) electrons. The minimum absolute atomic E-state index is 0.0325. The first-order valence-corrected chi connectivity index (χ1v) is 10.3. The number of hydrogen-bond donors (Lipinski definition) is 2. The summed E-state index contributed by atoms with van der Waals surface area (Å²) in [6.45, 7) is 0.515. The number of H-pyrrole nitrogens is 1. The zero-order chi connectivity index (χ0) is 18.2. The van der Waals surface area contributed by atoms with E-state index in [-0.39, 0.29) is 5.91 Å². The van der Waals surface area contributed by atoms with Crippen LogP contribution in [0.15, 0.2) is 66.0 Å². The third-order valence-electron chi connectivity index (χ3n) is 4.50. The smallest absolute Gasteiger partial charge is 0.261 e. The standard InChI is InChI=1S/C21H15N3OS2/c25-20(18-6-3-9-26-18)22-12-16-11-17-19(23-24-21(17)27-16)15-8-7-13-4-1-2-5-14(13)10-15/h1-11H,12H2,(H,22,25)(H,23,24). The summed E-state index contributed by atoms with van der Waals surface area (Å²) < 4.78 is 0. The van der Waals surface area contributed by atoms with Gasteiger partial charge in [-0.15, -0.1) is 22.7 Å². The van der Waals surface area contributed by atoms with Gasteiger partial charge >= 0.3 is 0 Å². The van der Waals surface area contributed by atoms with E-state index < -0.39 is 0 Å². The third kappa shape index (κ3) is 3.03. The van der Waals surface area contributed by atoms with Crippen molar-refractivity contribution >= 4 is 49.6 Å². The molecule has 2 N–H and O–H groups in total. The number of aromatic nitrogens is 2. The monoisotopic (exact) mass is 389 g/mol. The van der Waals surface area contributed by atoms with Gasteiger partial charge in [-0.3, -0.25) is 9.89 Å². The van der Waals surface area contributed by atoms with Gasteiger partial charge in [-0.05, 0) is 34.4 Å². The van der Waals surface area contributed by atoms with Crippen LogP contribution >= 0.6 is 22.7 Å². The van der Waals surface area contributed by atoms with Crippen molar-refractivity contribution in [2.75, 3.05) is 0 Å². The Bertz CT molecular complexity index is 1250. The number of thiophene rings is 2. The van der Waals surface area contributed by atoms with Crippen molar-refractivity contribution in [3.63, 3.8) is 0 Å². The van der Waals surface area contributed by atoms with E-state index in [1.807, 2.05) is 29.6 Å². The second-order valence-electron chi connectivity index (χ2n) is 6.25. The summed E-state index contributed by atoms with van der Waals surface area (Å²) in [6, 6.07) is 20.5. The van der Waals surface area contributed by atoms with Crippen molar-refractivity contribution in [2.45, 2.75) is 6.54 Å². The molecule has 4 nitrogen and oxygen atoms in total. The molecule has 6 heteroatoms. The van der Waals surface area contributed by atoms with Gasteiger partial charge in [0.05, 0.1) is 11.4 Å². The number of benzene rings is 2. The quantitative estimate of drug-likeness (QED) is 0.430. The van der Waals surface area contributed by atoms with E-state index in [4.69, 9.17) is 0 Å². The van der Waals surface area contributed by atoms with Crippen LogP contribution < -0.4 is 5.32 Å². The SMILES string of the molecule is O=C(NCc1cc2c(-c3ccc4ccccc4c3)n[nH]c2s1)c1cccs1. The van der Waals surface area contributed by atoms with Gasteiger partial charge in [0.2, 0.25) is 0 Å². The Morgan fingerprint density at radius 1 is 1.04 bits per heavy atom. The molecule has 1 amide bonds. The average molecular weight is 390 g/mol. The summed E-state index contributed by atoms with van der Waals surface area (Å²) in [5.41, 5.74) is 2.04. The highest BCUT2D eigenvalue weighted by Crippen LogP contribution is 2.33. The molecule has 2 aromatic carbocycles. The Kier molecular flexibility index (Phi) is 3.99. The van der Waals surface area contributed by atoms with Crippen LogP contribution in [0.1, 0.15) is 14.5 Å². The van der Waals surface area contributed by atoms with Gasteiger partial charge in [0.15, 0.2) is 0 Å². The number of fused-ring (bicyclic) bond motifs is 2. The summed E-state index contributed by atoms with van der Waals surface area (Å²) in [5, 5.41) is 16.0. The second-order valence-corrected chi connectivity index (χ2v) is 8.33. The van der Waals surface area contributed by atoms with Crippen LogP contribution in [0.4, 0.5) is 0 Å². The molecule has 0 fully saturated rings. The molecular formula is C21H15N3OS2. The van der Waals surface area contributed by atoms with Gasteiger partial charge in [0.25, 0.3) is 5.91 Å². The van der Waals surface area contributed by atoms with E-state index in [0.29, 0.717) is 6.54 Å². The van der Waals surface area contributed by atoms with E-state index >= 15 is 0 Å². The van der Waals surface area contributed by atoms with E-state index in [0.717, 1.165) is 31.2 Å². The first kappa shape index (κ1) is 16.2. The number of carbonyl (C=O) groups excluding carboxylic acids is 1. The number of nitrogens with zero attached hydrogens (tertiary/aromatic N) is 1. The second kappa shape index (κ2) is 6.64. The number of amides is 1. The maximum Gasteiger partial charge on any atom is 0.261 e. The molecule has 27 heavy (non-hydrogen) atoms. The number of hydrogen-bond acceptors (Lipinski definition) is 4. The summed E-state index contributed by atoms with van der Waals surface area (Å²) in [6.07, 6.45) is 0. The molecule has 0 aliphatic carbocycles. The van der Waals surface area contributed by atoms with Crippen LogP contribution in [0.5, 0.6) is 0 Å². The maximum absolute atomic E-state index is 12.1. The van der Waals surface area contributed by atoms with Gasteiger partial charge in [-0.1, -0.05) is 42.5 Å². The molecule has 0 saturated heterocycles. The Balaban J connectivity index is 1.43. The van der Waals surface area contributed by atoms with Crippen molar-refractivity contribution in [2.24, 2.45) is 0 Å². The average Bonchev–Trinajstić information content (AvgIpc) is 3.42. The topological polar surface area (TPSA) is 57.8 Å². The summed E-state index contributed by atoms with van der Waals surface area (Å²) in [5.74, 6) is -0.0325. The lowest BCUT2D eigenvalue weighted by molar-refractivity contribution is 0.0955. The van der Waals surface area contributed by atoms with Gasteiger partial charge in [0, 0.05) is 15.8 Å². The lowest BCUT2D eigenvalue weighted by Crippen LogP contribution is -2.21. The minimum atomic E-state index is -0.0325. The van der Waals surface area contributed by atoms with Crippen LogP contribution in [0.2, 0.25) is 0 Å². The molecule has 5 aromatic rings. The fourth-order valence-electron chi connectivity index (χ4n) is 3.17. The van der Waals surface area contributed by atoms with Crippen LogP contribution in [0.25, 0.3) is 32.2 Å². The van der Waals surface area contributed by atoms with Crippen LogP contribution in [0.3, 0.4) is 0 Å². The number of nitrogens with one attached hydrogen (secondary N) is 2. The number of carbonyl (C=O) groups is 1. The van der Waals surface area contributed by atoms with Crippen molar-refractivity contribution in [1.29, 1.82) is 0 Å². The van der Waals surface area contributed by atoms with Gasteiger partial charge < -0.3 is 5.32 Å². The van der Waals surface area contributed by atoms with Gasteiger partial charge in [-0.25, -0.2) is 0 Å². The van der Waals surface area contributed by atoms with Crippen molar-refractivity contribution < 1.29 is 4.79 Å². The first-order valence-electron chi connectivity index (χ1n) is 8.55. The van der Waals surface area contributed by atoms with Crippen LogP contribution in [0, 0.1) is 0 Å². The molecule has 0 unspecified atom stereocenters. The normalized spacial score (nSPS) is 11.3. The first-order chi connectivity index (χ1) is 13.3. The maximum atomic E-state index is 12.1. The zero-order valence-corrected chi connectivity index (χ0v) is 15.9. The highest BCUT2D eigenvalue weighted by atomic mass is 32.1. The molecule has 0 aliphatic rings. The zero-order valence-electron chi connectivity index (χ0n) is 14.2. The summed E-state index contributed by atoms with van der Waals surface area (Å²) in [4.78, 5) is 15.0. The van der Waals surface area contributed by atoms with E-state index in [9.17, 15) is 4.79 Å². The molecule has 0 aliphatic heterocycles. The highest BCUT2D eigenvalue weighted by molar-refractivity contribution is 7.18. The summed E-state index contributed by atoms with van der Waals surface area (Å²) in [7, 11) is 0. The Hall–Kier alpha value is -2.96. The molecule has 0 saturated carbocycles. The van der Waals surface area contributed by atoms with E-state index in [2.05, 4.69) is 51.9 Å². The molecule has 3 aromatic heterocycles. The van der Waals surface area contributed by atoms with Crippen LogP contribution in [-0.2, 0) is 6.54 Å². The van der Waals surface area contributed by atoms with Gasteiger partial charge in [0.1, 0.15) is 10.5 Å². The highest BCUT2D eigenvalue weighted by Gasteiger charge is 2.13. The number of aromatic amines is 1. The molecular weight excluding hydrogens is 374 g/mol. The fourth-order valence-corrected chi connectivity index (χ4v) is 4.75. The minimum Gasteiger partial charge on any atom is -0.346 e. The Morgan fingerprint density at radius 2 is 1.93 bits per heavy atom. The van der Waals surface area contributed by atoms with E-state index in [1.165, 1.54) is 22.1 Å². The molecule has 5 rings (SSSR count). The number of rotatable bonds is 4. The molecule has 0 atom stereocenters. The lowest BCUT2D eigenvalue weighted by Gasteiger charge is -2.02. The van der Waals surface area contributed by atoms with Crippen LogP contribution in [-0.4, -0.2) is 16.1 Å². The lowest BCUT2D eigenvalue weighted by atomic mass is 10.0. The third-order valence-corrected chi connectivity index (χ3v) is 6.41. The van der Waals surface area contributed by atoms with Crippen molar-refractivity contribution in [3.8, 4) is 11.3 Å². The molecule has 0 spiro atoms. The summed E-state index contributed by atoms with van der Waals surface area (Å²) >= 11 is 3.07. The van der Waals surface area contributed by atoms with Crippen molar-refractivity contribution in [3.05, 3.63) is 75.8 Å². The Morgan fingerprint density at radius 3 is 2.78 bits per heavy atom. The largest absolute Gasteiger partial charge is 0.346 e. The molecule has 132 valence electrons. The van der Waals surface area contributed by atoms with Crippen molar-refractivity contribution in [1.82, 2.24) is 15.5 Å².